The summed E-state index contributed by atoms with van der Waals surface area (Å²) in [7, 11) is -2.28. The SMILES string of the molecule is CC(C(=O)N(C)Cc1ccc(N2CCCCC2)cc1)S(=O)(=O)c1ccc(F)cc1. The van der Waals surface area contributed by atoms with Gasteiger partial charge in [-0.1, -0.05) is 12.1 Å². The average molecular weight is 419 g/mol. The number of hydrogen-bond acceptors (Lipinski definition) is 4. The second-order valence-electron chi connectivity index (χ2n) is 7.55. The molecule has 3 rings (SSSR count). The van der Waals surface area contributed by atoms with Gasteiger partial charge in [-0.25, -0.2) is 12.8 Å². The van der Waals surface area contributed by atoms with E-state index in [1.165, 1.54) is 48.9 Å². The Bertz CT molecular complexity index is 937. The Kier molecular flexibility index (Phi) is 6.57. The maximum Gasteiger partial charge on any atom is 0.241 e. The summed E-state index contributed by atoms with van der Waals surface area (Å²) < 4.78 is 38.5. The predicted molar refractivity (Wildman–Crippen MR) is 112 cm³/mol. The molecule has 0 spiro atoms. The van der Waals surface area contributed by atoms with Gasteiger partial charge in [-0.2, -0.15) is 0 Å². The Labute approximate surface area is 172 Å². The standard InChI is InChI=1S/C22H27FN2O3S/c1-17(29(27,28)21-12-8-19(23)9-13-21)22(26)24(2)16-18-6-10-20(11-7-18)25-14-4-3-5-15-25/h6-13,17H,3-5,14-16H2,1-2H3. The number of carbonyl (C=O) groups is 1. The normalized spacial score (nSPS) is 15.8. The number of anilines is 1. The van der Waals surface area contributed by atoms with E-state index in [0.29, 0.717) is 6.54 Å². The molecule has 1 fully saturated rings. The van der Waals surface area contributed by atoms with Crippen LogP contribution in [0.5, 0.6) is 0 Å². The molecule has 1 unspecified atom stereocenters. The van der Waals surface area contributed by atoms with Gasteiger partial charge < -0.3 is 9.80 Å². The molecule has 156 valence electrons. The van der Waals surface area contributed by atoms with Crippen molar-refractivity contribution in [1.82, 2.24) is 4.90 Å². The van der Waals surface area contributed by atoms with Crippen LogP contribution in [0, 0.1) is 5.82 Å². The predicted octanol–water partition coefficient (Wildman–Crippen LogP) is 3.64. The molecule has 0 saturated carbocycles. The third-order valence-corrected chi connectivity index (χ3v) is 7.47. The third kappa shape index (κ3) is 4.96. The van der Waals surface area contributed by atoms with E-state index in [2.05, 4.69) is 17.0 Å². The van der Waals surface area contributed by atoms with Gasteiger partial charge in [-0.15, -0.1) is 0 Å². The van der Waals surface area contributed by atoms with Crippen molar-refractivity contribution in [2.24, 2.45) is 0 Å². The van der Waals surface area contributed by atoms with Crippen LogP contribution in [0.3, 0.4) is 0 Å². The Morgan fingerprint density at radius 1 is 1.03 bits per heavy atom. The number of piperidine rings is 1. The molecular formula is C22H27FN2O3S. The maximum absolute atomic E-state index is 13.1. The van der Waals surface area contributed by atoms with E-state index < -0.39 is 26.8 Å². The molecule has 0 radical (unpaired) electrons. The first-order valence-electron chi connectivity index (χ1n) is 9.87. The van der Waals surface area contributed by atoms with Crippen molar-refractivity contribution >= 4 is 21.4 Å². The quantitative estimate of drug-likeness (QED) is 0.672. The summed E-state index contributed by atoms with van der Waals surface area (Å²) in [6.45, 7) is 3.83. The lowest BCUT2D eigenvalue weighted by Gasteiger charge is -2.29. The Hall–Kier alpha value is -2.41. The second kappa shape index (κ2) is 8.95. The summed E-state index contributed by atoms with van der Waals surface area (Å²) in [6, 6.07) is 12.6. The fourth-order valence-corrected chi connectivity index (χ4v) is 4.96. The van der Waals surface area contributed by atoms with Gasteiger partial charge in [0.05, 0.1) is 4.90 Å². The average Bonchev–Trinajstić information content (AvgIpc) is 2.74. The van der Waals surface area contributed by atoms with E-state index in [1.807, 2.05) is 12.1 Å². The molecule has 1 aliphatic heterocycles. The maximum atomic E-state index is 13.1. The van der Waals surface area contributed by atoms with Gasteiger partial charge in [0.1, 0.15) is 11.1 Å². The zero-order valence-electron chi connectivity index (χ0n) is 16.8. The number of sulfone groups is 1. The number of rotatable bonds is 6. The van der Waals surface area contributed by atoms with Gasteiger partial charge in [0.15, 0.2) is 9.84 Å². The molecule has 0 bridgehead atoms. The molecule has 2 aromatic carbocycles. The Morgan fingerprint density at radius 2 is 1.62 bits per heavy atom. The highest BCUT2D eigenvalue weighted by Gasteiger charge is 2.31. The summed E-state index contributed by atoms with van der Waals surface area (Å²) in [6.07, 6.45) is 3.69. The lowest BCUT2D eigenvalue weighted by Crippen LogP contribution is -2.39. The van der Waals surface area contributed by atoms with Crippen LogP contribution in [0.4, 0.5) is 10.1 Å². The first-order chi connectivity index (χ1) is 13.8. The van der Waals surface area contributed by atoms with Gasteiger partial charge in [-0.05, 0) is 68.1 Å². The molecule has 1 heterocycles. The fraction of sp³-hybridized carbons (Fsp3) is 0.409. The summed E-state index contributed by atoms with van der Waals surface area (Å²) in [5.41, 5.74) is 2.11. The summed E-state index contributed by atoms with van der Waals surface area (Å²) >= 11 is 0. The third-order valence-electron chi connectivity index (χ3n) is 5.41. The first kappa shape index (κ1) is 21.3. The van der Waals surface area contributed by atoms with Crippen molar-refractivity contribution in [3.05, 3.63) is 59.9 Å². The van der Waals surface area contributed by atoms with Crippen LogP contribution < -0.4 is 4.90 Å². The molecule has 1 saturated heterocycles. The van der Waals surface area contributed by atoms with Crippen LogP contribution in [0.25, 0.3) is 0 Å². The van der Waals surface area contributed by atoms with Crippen LogP contribution >= 0.6 is 0 Å². The van der Waals surface area contributed by atoms with Crippen LogP contribution in [0.15, 0.2) is 53.4 Å². The van der Waals surface area contributed by atoms with Crippen LogP contribution in [-0.2, 0) is 21.2 Å². The van der Waals surface area contributed by atoms with Gasteiger partial charge in [0.25, 0.3) is 0 Å². The van der Waals surface area contributed by atoms with E-state index in [9.17, 15) is 17.6 Å². The molecule has 1 aliphatic rings. The van der Waals surface area contributed by atoms with Crippen LogP contribution in [-0.4, -0.2) is 44.6 Å². The van der Waals surface area contributed by atoms with E-state index in [0.717, 1.165) is 30.8 Å². The number of benzene rings is 2. The lowest BCUT2D eigenvalue weighted by molar-refractivity contribution is -0.129. The van der Waals surface area contributed by atoms with Gasteiger partial charge >= 0.3 is 0 Å². The lowest BCUT2D eigenvalue weighted by atomic mass is 10.1. The molecule has 1 amide bonds. The molecule has 1 atom stereocenters. The molecule has 0 N–H and O–H groups in total. The van der Waals surface area contributed by atoms with Crippen LogP contribution in [0.2, 0.25) is 0 Å². The molecule has 0 aromatic heterocycles. The van der Waals surface area contributed by atoms with E-state index >= 15 is 0 Å². The molecule has 5 nitrogen and oxygen atoms in total. The molecular weight excluding hydrogens is 391 g/mol. The van der Waals surface area contributed by atoms with Gasteiger partial charge in [0, 0.05) is 32.4 Å². The highest BCUT2D eigenvalue weighted by molar-refractivity contribution is 7.92. The minimum atomic E-state index is -3.88. The topological polar surface area (TPSA) is 57.7 Å². The minimum Gasteiger partial charge on any atom is -0.372 e. The van der Waals surface area contributed by atoms with Crippen molar-refractivity contribution in [2.45, 2.75) is 42.9 Å². The van der Waals surface area contributed by atoms with Crippen molar-refractivity contribution in [3.8, 4) is 0 Å². The highest BCUT2D eigenvalue weighted by Crippen LogP contribution is 2.22. The summed E-state index contributed by atoms with van der Waals surface area (Å²) in [4.78, 5) is 16.4. The number of nitrogens with zero attached hydrogens (tertiary/aromatic N) is 2. The van der Waals surface area contributed by atoms with Crippen LogP contribution in [0.1, 0.15) is 31.7 Å². The smallest absolute Gasteiger partial charge is 0.241 e. The summed E-state index contributed by atoms with van der Waals surface area (Å²) in [5.74, 6) is -1.01. The first-order valence-corrected chi connectivity index (χ1v) is 11.4. The molecule has 29 heavy (non-hydrogen) atoms. The second-order valence-corrected chi connectivity index (χ2v) is 9.82. The number of carbonyl (C=O) groups excluding carboxylic acids is 1. The van der Waals surface area contributed by atoms with Crippen molar-refractivity contribution < 1.29 is 17.6 Å². The van der Waals surface area contributed by atoms with E-state index in [-0.39, 0.29) is 4.90 Å². The van der Waals surface area contributed by atoms with Gasteiger partial charge in [-0.3, -0.25) is 4.79 Å². The zero-order valence-corrected chi connectivity index (χ0v) is 17.7. The number of amides is 1. The Morgan fingerprint density at radius 3 is 2.21 bits per heavy atom. The van der Waals surface area contributed by atoms with Crippen molar-refractivity contribution in [1.29, 1.82) is 0 Å². The Balaban J connectivity index is 1.65. The summed E-state index contributed by atoms with van der Waals surface area (Å²) in [5, 5.41) is -1.24. The minimum absolute atomic E-state index is 0.0564. The van der Waals surface area contributed by atoms with Crippen molar-refractivity contribution in [2.75, 3.05) is 25.0 Å². The number of hydrogen-bond donors (Lipinski definition) is 0. The highest BCUT2D eigenvalue weighted by atomic mass is 32.2. The van der Waals surface area contributed by atoms with Gasteiger partial charge in [0.2, 0.25) is 5.91 Å². The van der Waals surface area contributed by atoms with E-state index in [1.54, 1.807) is 7.05 Å². The number of halogens is 1. The fourth-order valence-electron chi connectivity index (χ4n) is 3.59. The molecule has 2 aromatic rings. The molecule has 0 aliphatic carbocycles. The molecule has 7 heteroatoms. The largest absolute Gasteiger partial charge is 0.372 e. The monoisotopic (exact) mass is 418 g/mol. The van der Waals surface area contributed by atoms with Crippen molar-refractivity contribution in [3.63, 3.8) is 0 Å². The van der Waals surface area contributed by atoms with E-state index in [4.69, 9.17) is 0 Å². The zero-order chi connectivity index (χ0) is 21.0.